The van der Waals surface area contributed by atoms with Crippen LogP contribution in [0.3, 0.4) is 0 Å². The molecular formula is C23H19ClN4O3S. The summed E-state index contributed by atoms with van der Waals surface area (Å²) in [5, 5.41) is 10.5. The molecule has 0 radical (unpaired) electrons. The molecule has 0 fully saturated rings. The van der Waals surface area contributed by atoms with E-state index in [0.717, 1.165) is 17.3 Å². The second kappa shape index (κ2) is 8.99. The quantitative estimate of drug-likeness (QED) is 0.650. The number of esters is 1. The molecule has 0 amide bonds. The number of fused-ring (bicyclic) bond motifs is 1. The number of rotatable bonds is 5. The minimum Gasteiger partial charge on any atom is -0.496 e. The molecule has 0 saturated heterocycles. The number of ether oxygens (including phenoxy) is 2. The van der Waals surface area contributed by atoms with Gasteiger partial charge in [0.15, 0.2) is 5.17 Å². The van der Waals surface area contributed by atoms with Crippen LogP contribution in [0.1, 0.15) is 24.1 Å². The predicted octanol–water partition coefficient (Wildman–Crippen LogP) is 4.43. The first-order valence-electron chi connectivity index (χ1n) is 9.75. The third-order valence-corrected chi connectivity index (χ3v) is 6.23. The molecule has 162 valence electrons. The zero-order chi connectivity index (χ0) is 22.8. The van der Waals surface area contributed by atoms with Crippen LogP contribution in [0.25, 0.3) is 5.70 Å². The Labute approximate surface area is 194 Å². The maximum atomic E-state index is 13.3. The van der Waals surface area contributed by atoms with Crippen LogP contribution in [-0.2, 0) is 9.53 Å². The molecule has 4 rings (SSSR count). The van der Waals surface area contributed by atoms with Crippen molar-refractivity contribution in [1.82, 2.24) is 4.90 Å². The largest absolute Gasteiger partial charge is 0.496 e. The molecule has 0 aromatic heterocycles. The van der Waals surface area contributed by atoms with E-state index >= 15 is 0 Å². The fraction of sp³-hybridized carbons (Fsp3) is 0.174. The number of amidine groups is 1. The summed E-state index contributed by atoms with van der Waals surface area (Å²) in [5.41, 5.74) is 8.42. The van der Waals surface area contributed by atoms with Gasteiger partial charge in [0.05, 0.1) is 25.0 Å². The Hall–Kier alpha value is -3.41. The number of nitriles is 1. The van der Waals surface area contributed by atoms with Crippen LogP contribution in [0, 0.1) is 11.3 Å². The van der Waals surface area contributed by atoms with E-state index in [2.05, 4.69) is 6.07 Å². The molecule has 2 aliphatic rings. The van der Waals surface area contributed by atoms with Gasteiger partial charge in [-0.15, -0.1) is 0 Å². The molecule has 2 N–H and O–H groups in total. The minimum absolute atomic E-state index is 0.184. The highest BCUT2D eigenvalue weighted by atomic mass is 35.5. The van der Waals surface area contributed by atoms with Crippen LogP contribution in [0.4, 0.5) is 0 Å². The highest BCUT2D eigenvalue weighted by molar-refractivity contribution is 8.17. The van der Waals surface area contributed by atoms with Gasteiger partial charge in [0.1, 0.15) is 28.6 Å². The highest BCUT2D eigenvalue weighted by Crippen LogP contribution is 2.49. The van der Waals surface area contributed by atoms with Gasteiger partial charge in [-0.05, 0) is 36.9 Å². The van der Waals surface area contributed by atoms with Crippen molar-refractivity contribution < 1.29 is 14.3 Å². The lowest BCUT2D eigenvalue weighted by atomic mass is 9.91. The number of carbonyl (C=O) groups excluding carboxylic acids is 1. The van der Waals surface area contributed by atoms with Gasteiger partial charge in [0, 0.05) is 16.1 Å². The molecule has 0 spiro atoms. The topological polar surface area (TPSA) is 101 Å². The Morgan fingerprint density at radius 2 is 2.06 bits per heavy atom. The van der Waals surface area contributed by atoms with Crippen molar-refractivity contribution in [1.29, 1.82) is 5.26 Å². The molecule has 0 saturated carbocycles. The van der Waals surface area contributed by atoms with Gasteiger partial charge in [-0.3, -0.25) is 4.90 Å². The molecule has 1 atom stereocenters. The molecule has 7 nitrogen and oxygen atoms in total. The summed E-state index contributed by atoms with van der Waals surface area (Å²) < 4.78 is 11.0. The fourth-order valence-corrected chi connectivity index (χ4v) is 4.72. The van der Waals surface area contributed by atoms with Crippen molar-refractivity contribution in [2.75, 3.05) is 13.7 Å². The fourth-order valence-electron chi connectivity index (χ4n) is 3.67. The first-order valence-corrected chi connectivity index (χ1v) is 10.9. The molecule has 0 unspecified atom stereocenters. The minimum atomic E-state index is -0.760. The monoisotopic (exact) mass is 466 g/mol. The van der Waals surface area contributed by atoms with E-state index in [1.807, 2.05) is 30.3 Å². The van der Waals surface area contributed by atoms with Gasteiger partial charge in [-0.1, -0.05) is 41.9 Å². The first kappa shape index (κ1) is 21.8. The van der Waals surface area contributed by atoms with E-state index in [1.54, 1.807) is 30.0 Å². The van der Waals surface area contributed by atoms with Gasteiger partial charge in [0.2, 0.25) is 0 Å². The Kier molecular flexibility index (Phi) is 6.12. The maximum absolute atomic E-state index is 13.3. The number of hydrogen-bond donors (Lipinski definition) is 1. The molecule has 2 aliphatic heterocycles. The van der Waals surface area contributed by atoms with Crippen molar-refractivity contribution in [3.8, 4) is 11.8 Å². The van der Waals surface area contributed by atoms with E-state index in [9.17, 15) is 10.1 Å². The average Bonchev–Trinajstić information content (AvgIpc) is 3.13. The number of nitrogens with two attached hydrogens (primary N) is 1. The smallest absolute Gasteiger partial charge is 0.338 e. The summed E-state index contributed by atoms with van der Waals surface area (Å²) in [6, 6.07) is 15.8. The van der Waals surface area contributed by atoms with E-state index in [1.165, 1.54) is 7.11 Å². The highest BCUT2D eigenvalue weighted by Gasteiger charge is 2.44. The molecule has 9 heteroatoms. The Bertz CT molecular complexity index is 1220. The average molecular weight is 467 g/mol. The second-order valence-electron chi connectivity index (χ2n) is 6.83. The number of aliphatic imine (C=N–C) groups is 1. The van der Waals surface area contributed by atoms with Gasteiger partial charge in [-0.25, -0.2) is 9.79 Å². The molecule has 2 aromatic rings. The third kappa shape index (κ3) is 3.70. The standard InChI is InChI=1S/C23H19ClN4O3S/c1-3-31-22(29)18-19(13-7-5-4-6-8-13)27-23-28(21(26)17(12-25)32-23)20(18)15-11-14(24)9-10-16(15)30-2/h4-11,20H,3,26H2,1-2H3/t20-/m1/s1. The summed E-state index contributed by atoms with van der Waals surface area (Å²) in [4.78, 5) is 20.0. The zero-order valence-electron chi connectivity index (χ0n) is 17.3. The second-order valence-corrected chi connectivity index (χ2v) is 8.24. The number of carbonyl (C=O) groups is 1. The molecule has 32 heavy (non-hydrogen) atoms. The van der Waals surface area contributed by atoms with Crippen LogP contribution in [0.15, 0.2) is 69.8 Å². The molecule has 2 aromatic carbocycles. The van der Waals surface area contributed by atoms with Crippen molar-refractivity contribution in [2.45, 2.75) is 13.0 Å². The van der Waals surface area contributed by atoms with Crippen molar-refractivity contribution in [3.63, 3.8) is 0 Å². The maximum Gasteiger partial charge on any atom is 0.338 e. The van der Waals surface area contributed by atoms with Crippen LogP contribution < -0.4 is 10.5 Å². The van der Waals surface area contributed by atoms with E-state index in [4.69, 9.17) is 31.8 Å². The summed E-state index contributed by atoms with van der Waals surface area (Å²) in [7, 11) is 1.54. The molecular weight excluding hydrogens is 448 g/mol. The number of methoxy groups -OCH3 is 1. The summed E-state index contributed by atoms with van der Waals surface area (Å²) in [6.07, 6.45) is 0. The SMILES string of the molecule is CCOC(=O)C1=C(c2ccccc2)N=C2SC(C#N)=C(N)N2[C@@H]1c1cc(Cl)ccc1OC. The van der Waals surface area contributed by atoms with Crippen LogP contribution >= 0.6 is 23.4 Å². The lowest BCUT2D eigenvalue weighted by Crippen LogP contribution is -2.39. The summed E-state index contributed by atoms with van der Waals surface area (Å²) in [6.45, 7) is 1.92. The lowest BCUT2D eigenvalue weighted by Gasteiger charge is -2.36. The van der Waals surface area contributed by atoms with E-state index in [0.29, 0.717) is 32.1 Å². The number of benzene rings is 2. The van der Waals surface area contributed by atoms with E-state index < -0.39 is 12.0 Å². The van der Waals surface area contributed by atoms with Gasteiger partial charge in [0.25, 0.3) is 0 Å². The van der Waals surface area contributed by atoms with Crippen LogP contribution in [-0.4, -0.2) is 29.8 Å². The number of halogens is 1. The Morgan fingerprint density at radius 1 is 1.31 bits per heavy atom. The third-order valence-electron chi connectivity index (χ3n) is 5.02. The van der Waals surface area contributed by atoms with Gasteiger partial charge >= 0.3 is 5.97 Å². The Balaban J connectivity index is 2.06. The molecule has 0 aliphatic carbocycles. The summed E-state index contributed by atoms with van der Waals surface area (Å²) in [5.74, 6) is 0.180. The Morgan fingerprint density at radius 3 is 2.72 bits per heavy atom. The number of thioether (sulfide) groups is 1. The molecule has 2 heterocycles. The summed E-state index contributed by atoms with van der Waals surface area (Å²) >= 11 is 7.49. The van der Waals surface area contributed by atoms with Crippen molar-refractivity contribution in [2.24, 2.45) is 10.7 Å². The van der Waals surface area contributed by atoms with E-state index in [-0.39, 0.29) is 18.0 Å². The predicted molar refractivity (Wildman–Crippen MR) is 124 cm³/mol. The van der Waals surface area contributed by atoms with Gasteiger partial charge < -0.3 is 15.2 Å². The lowest BCUT2D eigenvalue weighted by molar-refractivity contribution is -0.139. The van der Waals surface area contributed by atoms with Crippen molar-refractivity contribution in [3.05, 3.63) is 81.0 Å². The number of hydrogen-bond acceptors (Lipinski definition) is 8. The van der Waals surface area contributed by atoms with Crippen LogP contribution in [0.5, 0.6) is 5.75 Å². The van der Waals surface area contributed by atoms with Gasteiger partial charge in [-0.2, -0.15) is 5.26 Å². The molecule has 0 bridgehead atoms. The number of nitrogens with zero attached hydrogens (tertiary/aromatic N) is 3. The van der Waals surface area contributed by atoms with Crippen LogP contribution in [0.2, 0.25) is 5.02 Å². The normalized spacial score (nSPS) is 17.6. The van der Waals surface area contributed by atoms with Crippen molar-refractivity contribution >= 4 is 40.2 Å². The first-order chi connectivity index (χ1) is 15.5. The number of allylic oxidation sites excluding steroid dienone is 1. The zero-order valence-corrected chi connectivity index (χ0v) is 18.9.